The van der Waals surface area contributed by atoms with Crippen molar-refractivity contribution in [3.63, 3.8) is 0 Å². The summed E-state index contributed by atoms with van der Waals surface area (Å²) in [6.07, 6.45) is -0.618. The average Bonchev–Trinajstić information content (AvgIpc) is 2.53. The molecule has 1 amide bonds. The molecule has 118 valence electrons. The molecule has 1 heterocycles. The third kappa shape index (κ3) is 2.75. The largest absolute Gasteiger partial charge is 0.479 e. The first-order valence-corrected chi connectivity index (χ1v) is 7.28. The zero-order chi connectivity index (χ0) is 16.6. The number of ether oxygens (including phenoxy) is 1. The maximum absolute atomic E-state index is 12.5. The fraction of sp³-hybridized carbons (Fsp3) is 0.235. The van der Waals surface area contributed by atoms with Gasteiger partial charge in [0, 0.05) is 12.1 Å². The lowest BCUT2D eigenvalue weighted by atomic mass is 10.1. The lowest BCUT2D eigenvalue weighted by Gasteiger charge is -2.33. The van der Waals surface area contributed by atoms with Crippen molar-refractivity contribution < 1.29 is 14.5 Å². The van der Waals surface area contributed by atoms with Crippen LogP contribution in [0.5, 0.6) is 5.75 Å². The lowest BCUT2D eigenvalue weighted by Crippen LogP contribution is -2.44. The number of hydrogen-bond donors (Lipinski definition) is 0. The summed E-state index contributed by atoms with van der Waals surface area (Å²) in [7, 11) is 0. The molecule has 6 nitrogen and oxygen atoms in total. The van der Waals surface area contributed by atoms with E-state index in [0.717, 1.165) is 11.1 Å². The van der Waals surface area contributed by atoms with E-state index in [1.165, 1.54) is 12.1 Å². The molecular formula is C17H16N2O4. The second kappa shape index (κ2) is 5.72. The molecule has 0 saturated heterocycles. The van der Waals surface area contributed by atoms with Crippen LogP contribution in [0.4, 0.5) is 11.4 Å². The number of carbonyl (C=O) groups is 1. The number of nitro benzene ring substituents is 1. The molecule has 0 bridgehead atoms. The van der Waals surface area contributed by atoms with Gasteiger partial charge in [0.05, 0.1) is 17.2 Å². The first kappa shape index (κ1) is 15.0. The van der Waals surface area contributed by atoms with Gasteiger partial charge in [-0.3, -0.25) is 14.9 Å². The predicted octanol–water partition coefficient (Wildman–Crippen LogP) is 3.22. The van der Waals surface area contributed by atoms with Crippen molar-refractivity contribution in [3.05, 3.63) is 63.7 Å². The molecule has 0 aliphatic carbocycles. The Morgan fingerprint density at radius 3 is 2.70 bits per heavy atom. The first-order chi connectivity index (χ1) is 11.0. The number of non-ortho nitro benzene ring substituents is 1. The second-order valence-electron chi connectivity index (χ2n) is 5.52. The number of fused-ring (bicyclic) bond motifs is 1. The first-order valence-electron chi connectivity index (χ1n) is 7.28. The number of benzene rings is 2. The van der Waals surface area contributed by atoms with Crippen LogP contribution in [0, 0.1) is 17.0 Å². The van der Waals surface area contributed by atoms with Gasteiger partial charge in [-0.2, -0.15) is 0 Å². The Morgan fingerprint density at radius 2 is 2.00 bits per heavy atom. The molecule has 1 aliphatic heterocycles. The van der Waals surface area contributed by atoms with Gasteiger partial charge in [-0.1, -0.05) is 24.3 Å². The SMILES string of the molecule is Cc1ccccc1CN1C(=O)C(C)Oc2ccc([N+](=O)[O-])cc21. The minimum absolute atomic E-state index is 0.0653. The van der Waals surface area contributed by atoms with E-state index in [1.54, 1.807) is 17.9 Å². The van der Waals surface area contributed by atoms with E-state index >= 15 is 0 Å². The maximum atomic E-state index is 12.5. The lowest BCUT2D eigenvalue weighted by molar-refractivity contribution is -0.384. The highest BCUT2D eigenvalue weighted by Crippen LogP contribution is 2.37. The minimum Gasteiger partial charge on any atom is -0.479 e. The molecule has 0 saturated carbocycles. The monoisotopic (exact) mass is 312 g/mol. The van der Waals surface area contributed by atoms with E-state index in [1.807, 2.05) is 31.2 Å². The van der Waals surface area contributed by atoms with Crippen LogP contribution in [-0.4, -0.2) is 16.9 Å². The smallest absolute Gasteiger partial charge is 0.271 e. The Balaban J connectivity index is 2.05. The summed E-state index contributed by atoms with van der Waals surface area (Å²) < 4.78 is 5.56. The quantitative estimate of drug-likeness (QED) is 0.644. The molecule has 0 fully saturated rings. The summed E-state index contributed by atoms with van der Waals surface area (Å²) in [5.74, 6) is 0.275. The summed E-state index contributed by atoms with van der Waals surface area (Å²) in [6, 6.07) is 12.1. The van der Waals surface area contributed by atoms with Crippen LogP contribution in [0.1, 0.15) is 18.1 Å². The number of nitrogens with zero attached hydrogens (tertiary/aromatic N) is 2. The number of rotatable bonds is 3. The zero-order valence-electron chi connectivity index (χ0n) is 12.9. The van der Waals surface area contributed by atoms with Crippen molar-refractivity contribution in [1.82, 2.24) is 0 Å². The van der Waals surface area contributed by atoms with E-state index in [4.69, 9.17) is 4.74 Å². The molecule has 3 rings (SSSR count). The van der Waals surface area contributed by atoms with Crippen LogP contribution >= 0.6 is 0 Å². The summed E-state index contributed by atoms with van der Waals surface area (Å²) in [5.41, 5.74) is 2.42. The molecule has 0 N–H and O–H groups in total. The average molecular weight is 312 g/mol. The third-order valence-corrected chi connectivity index (χ3v) is 3.95. The summed E-state index contributed by atoms with van der Waals surface area (Å²) >= 11 is 0. The molecule has 6 heteroatoms. The Hall–Kier alpha value is -2.89. The molecule has 1 atom stereocenters. The van der Waals surface area contributed by atoms with Gasteiger partial charge < -0.3 is 9.64 Å². The van der Waals surface area contributed by atoms with E-state index in [-0.39, 0.29) is 11.6 Å². The van der Waals surface area contributed by atoms with Gasteiger partial charge in [-0.15, -0.1) is 0 Å². The number of hydrogen-bond acceptors (Lipinski definition) is 4. The van der Waals surface area contributed by atoms with Crippen LogP contribution < -0.4 is 9.64 Å². The second-order valence-corrected chi connectivity index (χ2v) is 5.52. The van der Waals surface area contributed by atoms with Gasteiger partial charge >= 0.3 is 0 Å². The number of aryl methyl sites for hydroxylation is 1. The van der Waals surface area contributed by atoms with Crippen molar-refractivity contribution in [1.29, 1.82) is 0 Å². The molecular weight excluding hydrogens is 296 g/mol. The van der Waals surface area contributed by atoms with Gasteiger partial charge in [0.1, 0.15) is 5.75 Å². The molecule has 23 heavy (non-hydrogen) atoms. The van der Waals surface area contributed by atoms with Crippen molar-refractivity contribution in [2.75, 3.05) is 4.90 Å². The normalized spacial score (nSPS) is 16.7. The molecule has 0 aromatic heterocycles. The van der Waals surface area contributed by atoms with E-state index < -0.39 is 11.0 Å². The van der Waals surface area contributed by atoms with Crippen LogP contribution in [-0.2, 0) is 11.3 Å². The summed E-state index contributed by atoms with van der Waals surface area (Å²) in [4.78, 5) is 24.6. The van der Waals surface area contributed by atoms with Crippen molar-refractivity contribution in [2.24, 2.45) is 0 Å². The molecule has 2 aromatic carbocycles. The fourth-order valence-electron chi connectivity index (χ4n) is 2.63. The van der Waals surface area contributed by atoms with Gasteiger partial charge in [0.2, 0.25) is 0 Å². The van der Waals surface area contributed by atoms with Crippen LogP contribution in [0.25, 0.3) is 0 Å². The molecule has 0 spiro atoms. The van der Waals surface area contributed by atoms with E-state index in [9.17, 15) is 14.9 Å². The highest BCUT2D eigenvalue weighted by molar-refractivity contribution is 6.00. The van der Waals surface area contributed by atoms with Crippen molar-refractivity contribution in [3.8, 4) is 5.75 Å². The van der Waals surface area contributed by atoms with Crippen molar-refractivity contribution in [2.45, 2.75) is 26.5 Å². The van der Waals surface area contributed by atoms with Crippen LogP contribution in [0.15, 0.2) is 42.5 Å². The highest BCUT2D eigenvalue weighted by atomic mass is 16.6. The number of carbonyl (C=O) groups excluding carboxylic acids is 1. The fourth-order valence-corrected chi connectivity index (χ4v) is 2.63. The summed E-state index contributed by atoms with van der Waals surface area (Å²) in [6.45, 7) is 4.00. The van der Waals surface area contributed by atoms with Gasteiger partial charge in [-0.05, 0) is 31.0 Å². The van der Waals surface area contributed by atoms with Crippen molar-refractivity contribution >= 4 is 17.3 Å². The molecule has 2 aromatic rings. The van der Waals surface area contributed by atoms with Crippen LogP contribution in [0.3, 0.4) is 0 Å². The third-order valence-electron chi connectivity index (χ3n) is 3.95. The Labute approximate surface area is 133 Å². The van der Waals surface area contributed by atoms with Gasteiger partial charge in [0.15, 0.2) is 6.10 Å². The topological polar surface area (TPSA) is 72.7 Å². The molecule has 1 aliphatic rings. The molecule has 1 unspecified atom stereocenters. The number of nitro groups is 1. The minimum atomic E-state index is -0.618. The van der Waals surface area contributed by atoms with Gasteiger partial charge in [-0.25, -0.2) is 0 Å². The maximum Gasteiger partial charge on any atom is 0.271 e. The molecule has 0 radical (unpaired) electrons. The number of amides is 1. The van der Waals surface area contributed by atoms with Gasteiger partial charge in [0.25, 0.3) is 11.6 Å². The van der Waals surface area contributed by atoms with E-state index in [2.05, 4.69) is 0 Å². The predicted molar refractivity (Wildman–Crippen MR) is 85.6 cm³/mol. The van der Waals surface area contributed by atoms with Crippen LogP contribution in [0.2, 0.25) is 0 Å². The number of anilines is 1. The Morgan fingerprint density at radius 1 is 1.26 bits per heavy atom. The Kier molecular flexibility index (Phi) is 3.73. The van der Waals surface area contributed by atoms with E-state index in [0.29, 0.717) is 18.0 Å². The zero-order valence-corrected chi connectivity index (χ0v) is 12.9. The standard InChI is InChI=1S/C17H16N2O4/c1-11-5-3-4-6-13(11)10-18-15-9-14(19(21)22)7-8-16(15)23-12(2)17(18)20/h3-9,12H,10H2,1-2H3. The highest BCUT2D eigenvalue weighted by Gasteiger charge is 2.33. The Bertz CT molecular complexity index is 788. The summed E-state index contributed by atoms with van der Waals surface area (Å²) in [5, 5.41) is 11.0.